The number of nitrogens with one attached hydrogen (secondary N) is 2. The lowest BCUT2D eigenvalue weighted by atomic mass is 10.1. The fraction of sp³-hybridized carbons (Fsp3) is 0.389. The first-order valence-corrected chi connectivity index (χ1v) is 10.4. The number of rotatable bonds is 10. The number of nitro groups is 1. The summed E-state index contributed by atoms with van der Waals surface area (Å²) in [5.41, 5.74) is -0.460. The van der Waals surface area contributed by atoms with Gasteiger partial charge in [0.05, 0.1) is 10.5 Å². The van der Waals surface area contributed by atoms with E-state index in [2.05, 4.69) is 20.5 Å². The molecule has 1 aliphatic heterocycles. The number of imide groups is 1. The van der Waals surface area contributed by atoms with Crippen LogP contribution >= 0.6 is 11.8 Å². The summed E-state index contributed by atoms with van der Waals surface area (Å²) in [6, 6.07) is 4.02. The topological polar surface area (TPSA) is 151 Å². The van der Waals surface area contributed by atoms with E-state index in [0.29, 0.717) is 30.4 Å². The minimum Gasteiger partial charge on any atom is -0.295 e. The number of carbonyl (C=O) groups excluding carboxylic acids is 3. The van der Waals surface area contributed by atoms with Crippen LogP contribution in [0, 0.1) is 10.1 Å². The third kappa shape index (κ3) is 4.64. The number of aromatic amines is 1. The Morgan fingerprint density at radius 3 is 2.80 bits per heavy atom. The van der Waals surface area contributed by atoms with Crippen molar-refractivity contribution in [1.29, 1.82) is 0 Å². The van der Waals surface area contributed by atoms with E-state index < -0.39 is 16.7 Å². The molecule has 30 heavy (non-hydrogen) atoms. The van der Waals surface area contributed by atoms with Gasteiger partial charge in [0.2, 0.25) is 17.0 Å². The number of thioether (sulfide) groups is 1. The number of H-pyrrole nitrogens is 1. The summed E-state index contributed by atoms with van der Waals surface area (Å²) in [6.07, 6.45) is 1.91. The molecule has 0 unspecified atom stereocenters. The van der Waals surface area contributed by atoms with Gasteiger partial charge in [-0.25, -0.2) is 5.10 Å². The molecule has 2 aromatic rings. The molecule has 1 aromatic heterocycles. The highest BCUT2D eigenvalue weighted by Crippen LogP contribution is 2.30. The van der Waals surface area contributed by atoms with Gasteiger partial charge in [-0.05, 0) is 24.7 Å². The molecule has 0 saturated heterocycles. The fourth-order valence-corrected chi connectivity index (χ4v) is 3.62. The van der Waals surface area contributed by atoms with Crippen LogP contribution in [0.25, 0.3) is 0 Å². The van der Waals surface area contributed by atoms with E-state index in [4.69, 9.17) is 0 Å². The number of anilines is 1. The van der Waals surface area contributed by atoms with E-state index in [1.165, 1.54) is 30.0 Å². The average Bonchev–Trinajstić information content (AvgIpc) is 3.25. The fourth-order valence-electron chi connectivity index (χ4n) is 3.09. The Hall–Kier alpha value is -3.28. The summed E-state index contributed by atoms with van der Waals surface area (Å²) in [5.74, 6) is -0.265. The van der Waals surface area contributed by atoms with E-state index in [9.17, 15) is 24.5 Å². The van der Waals surface area contributed by atoms with Crippen LogP contribution in [0.4, 0.5) is 11.6 Å². The zero-order valence-corrected chi connectivity index (χ0v) is 17.0. The van der Waals surface area contributed by atoms with Crippen LogP contribution in [0.15, 0.2) is 23.4 Å². The number of fused-ring (bicyclic) bond motifs is 1. The molecular weight excluding hydrogens is 412 g/mol. The second kappa shape index (κ2) is 9.48. The largest absolute Gasteiger partial charge is 0.295 e. The molecule has 11 nitrogen and oxygen atoms in total. The standard InChI is InChI=1S/C18H20N6O5S/c1-2-30-18-20-17(21-22-18)19-13(25)9-4-3-5-10-23-15(26)11-7-6-8-12(24(28)29)14(11)16(23)27/h6-8H,2-5,9-10H2,1H3,(H2,19,20,21,22,25). The molecule has 0 fully saturated rings. The number of nitrogens with zero attached hydrogens (tertiary/aromatic N) is 4. The Labute approximate surface area is 175 Å². The van der Waals surface area contributed by atoms with Crippen LogP contribution in [-0.4, -0.2) is 55.0 Å². The van der Waals surface area contributed by atoms with Crippen LogP contribution in [0.2, 0.25) is 0 Å². The predicted octanol–water partition coefficient (Wildman–Crippen LogP) is 2.62. The van der Waals surface area contributed by atoms with Gasteiger partial charge in [0, 0.05) is 19.0 Å². The van der Waals surface area contributed by atoms with Gasteiger partial charge in [0.1, 0.15) is 5.56 Å². The lowest BCUT2D eigenvalue weighted by Gasteiger charge is -2.13. The normalized spacial score (nSPS) is 12.9. The summed E-state index contributed by atoms with van der Waals surface area (Å²) in [7, 11) is 0. The van der Waals surface area contributed by atoms with Crippen molar-refractivity contribution in [3.63, 3.8) is 0 Å². The second-order valence-electron chi connectivity index (χ2n) is 6.48. The molecule has 0 atom stereocenters. The number of hydrogen-bond acceptors (Lipinski definition) is 8. The van der Waals surface area contributed by atoms with Crippen molar-refractivity contribution in [3.05, 3.63) is 39.4 Å². The van der Waals surface area contributed by atoms with Crippen molar-refractivity contribution in [1.82, 2.24) is 20.1 Å². The lowest BCUT2D eigenvalue weighted by molar-refractivity contribution is -0.385. The van der Waals surface area contributed by atoms with Gasteiger partial charge in [-0.3, -0.25) is 34.7 Å². The van der Waals surface area contributed by atoms with E-state index in [0.717, 1.165) is 10.7 Å². The van der Waals surface area contributed by atoms with Crippen molar-refractivity contribution in [3.8, 4) is 0 Å². The summed E-state index contributed by atoms with van der Waals surface area (Å²) >= 11 is 1.46. The monoisotopic (exact) mass is 432 g/mol. The molecule has 0 spiro atoms. The Morgan fingerprint density at radius 1 is 1.27 bits per heavy atom. The Bertz CT molecular complexity index is 991. The van der Waals surface area contributed by atoms with Crippen LogP contribution in [0.1, 0.15) is 53.3 Å². The molecule has 3 rings (SSSR count). The molecule has 2 N–H and O–H groups in total. The van der Waals surface area contributed by atoms with Crippen LogP contribution in [0.5, 0.6) is 0 Å². The summed E-state index contributed by atoms with van der Waals surface area (Å²) in [5, 5.41) is 20.9. The molecule has 2 heterocycles. The van der Waals surface area contributed by atoms with Gasteiger partial charge >= 0.3 is 0 Å². The van der Waals surface area contributed by atoms with E-state index in [1.54, 1.807) is 0 Å². The van der Waals surface area contributed by atoms with Crippen LogP contribution in [0.3, 0.4) is 0 Å². The van der Waals surface area contributed by atoms with Gasteiger partial charge in [0.15, 0.2) is 0 Å². The second-order valence-corrected chi connectivity index (χ2v) is 7.71. The Kier molecular flexibility index (Phi) is 6.77. The number of carbonyl (C=O) groups is 3. The first-order valence-electron chi connectivity index (χ1n) is 9.41. The third-order valence-electron chi connectivity index (χ3n) is 4.46. The summed E-state index contributed by atoms with van der Waals surface area (Å²) in [6.45, 7) is 2.12. The molecule has 0 saturated carbocycles. The van der Waals surface area contributed by atoms with Gasteiger partial charge in [-0.15, -0.1) is 5.10 Å². The molecule has 3 amide bonds. The van der Waals surface area contributed by atoms with Gasteiger partial charge in [-0.1, -0.05) is 31.2 Å². The highest BCUT2D eigenvalue weighted by atomic mass is 32.2. The molecule has 0 aliphatic carbocycles. The smallest absolute Gasteiger partial charge is 0.282 e. The number of nitro benzene ring substituents is 1. The Morgan fingerprint density at radius 2 is 2.07 bits per heavy atom. The zero-order chi connectivity index (χ0) is 21.7. The molecule has 1 aliphatic rings. The zero-order valence-electron chi connectivity index (χ0n) is 16.2. The van der Waals surface area contributed by atoms with Gasteiger partial charge in [-0.2, -0.15) is 4.98 Å². The predicted molar refractivity (Wildman–Crippen MR) is 108 cm³/mol. The SMILES string of the molecule is CCSc1n[nH]c(NC(=O)CCCCCN2C(=O)c3cccc([N+](=O)[O-])c3C2=O)n1. The summed E-state index contributed by atoms with van der Waals surface area (Å²) in [4.78, 5) is 52.5. The molecule has 158 valence electrons. The Balaban J connectivity index is 1.44. The maximum atomic E-state index is 12.5. The number of amides is 3. The van der Waals surface area contributed by atoms with Crippen molar-refractivity contribution in [2.75, 3.05) is 17.6 Å². The highest BCUT2D eigenvalue weighted by Gasteiger charge is 2.40. The third-order valence-corrected chi connectivity index (χ3v) is 5.18. The lowest BCUT2D eigenvalue weighted by Crippen LogP contribution is -2.30. The van der Waals surface area contributed by atoms with Crippen LogP contribution < -0.4 is 5.32 Å². The minimum atomic E-state index is -0.662. The number of hydrogen-bond donors (Lipinski definition) is 2. The molecule has 0 bridgehead atoms. The van der Waals surface area contributed by atoms with Crippen LogP contribution in [-0.2, 0) is 4.79 Å². The molecule has 1 aromatic carbocycles. The van der Waals surface area contributed by atoms with Crippen molar-refractivity contribution < 1.29 is 19.3 Å². The van der Waals surface area contributed by atoms with E-state index >= 15 is 0 Å². The number of unbranched alkanes of at least 4 members (excludes halogenated alkanes) is 2. The first-order chi connectivity index (χ1) is 14.4. The first kappa shape index (κ1) is 21.4. The number of aromatic nitrogens is 3. The van der Waals surface area contributed by atoms with Crippen molar-refractivity contribution in [2.45, 2.75) is 37.8 Å². The highest BCUT2D eigenvalue weighted by molar-refractivity contribution is 7.99. The minimum absolute atomic E-state index is 0.0567. The maximum Gasteiger partial charge on any atom is 0.282 e. The molecule has 12 heteroatoms. The maximum absolute atomic E-state index is 12.5. The van der Waals surface area contributed by atoms with E-state index in [1.807, 2.05) is 6.92 Å². The summed E-state index contributed by atoms with van der Waals surface area (Å²) < 4.78 is 0. The van der Waals surface area contributed by atoms with Crippen molar-refractivity contribution >= 4 is 41.1 Å². The van der Waals surface area contributed by atoms with Crippen molar-refractivity contribution in [2.24, 2.45) is 0 Å². The molecular formula is C18H20N6O5S. The molecule has 0 radical (unpaired) electrons. The van der Waals surface area contributed by atoms with Gasteiger partial charge in [0.25, 0.3) is 17.5 Å². The van der Waals surface area contributed by atoms with E-state index in [-0.39, 0.29) is 35.7 Å². The van der Waals surface area contributed by atoms with Gasteiger partial charge < -0.3 is 0 Å². The quantitative estimate of drug-likeness (QED) is 0.191. The average molecular weight is 432 g/mol. The number of benzene rings is 1.